The summed E-state index contributed by atoms with van der Waals surface area (Å²) in [7, 11) is 0. The van der Waals surface area contributed by atoms with Crippen LogP contribution in [0.5, 0.6) is 0 Å². The van der Waals surface area contributed by atoms with Gasteiger partial charge in [-0.2, -0.15) is 0 Å². The summed E-state index contributed by atoms with van der Waals surface area (Å²) in [4.78, 5) is 17.8. The standard InChI is InChI=1S/C4H9NO2.CH2O.ClH/c1-2-3(5)4(6)7;1-2;/h3H,2,5H2,1H3,(H,6,7);1H2;1H/t3-;;/m0../s1. The molecule has 0 aromatic heterocycles. The van der Waals surface area contributed by atoms with Crippen LogP contribution in [0.15, 0.2) is 0 Å². The first-order valence-electron chi connectivity index (χ1n) is 2.45. The van der Waals surface area contributed by atoms with Crippen molar-refractivity contribution in [3.63, 3.8) is 0 Å². The molecule has 10 heavy (non-hydrogen) atoms. The average molecular weight is 170 g/mol. The van der Waals surface area contributed by atoms with Gasteiger partial charge >= 0.3 is 5.97 Å². The molecule has 0 amide bonds. The van der Waals surface area contributed by atoms with Crippen LogP contribution < -0.4 is 5.73 Å². The summed E-state index contributed by atoms with van der Waals surface area (Å²) in [6.07, 6.45) is 0.495. The topological polar surface area (TPSA) is 80.4 Å². The molecule has 0 saturated carbocycles. The first-order chi connectivity index (χ1) is 4.18. The summed E-state index contributed by atoms with van der Waals surface area (Å²) in [6, 6.07) is -0.681. The molecule has 0 bridgehead atoms. The van der Waals surface area contributed by atoms with Gasteiger partial charge in [0.2, 0.25) is 0 Å². The van der Waals surface area contributed by atoms with Gasteiger partial charge in [0.1, 0.15) is 12.8 Å². The van der Waals surface area contributed by atoms with Gasteiger partial charge < -0.3 is 15.6 Å². The summed E-state index contributed by atoms with van der Waals surface area (Å²) in [5.41, 5.74) is 5.02. The Morgan fingerprint density at radius 3 is 2.00 bits per heavy atom. The fourth-order valence-electron chi connectivity index (χ4n) is 0.175. The van der Waals surface area contributed by atoms with Gasteiger partial charge in [-0.3, -0.25) is 4.79 Å². The fourth-order valence-corrected chi connectivity index (χ4v) is 0.175. The monoisotopic (exact) mass is 169 g/mol. The third kappa shape index (κ3) is 10.4. The third-order valence-electron chi connectivity index (χ3n) is 0.757. The zero-order valence-corrected chi connectivity index (χ0v) is 6.56. The van der Waals surface area contributed by atoms with Crippen LogP contribution in [-0.4, -0.2) is 23.9 Å². The van der Waals surface area contributed by atoms with E-state index in [2.05, 4.69) is 0 Å². The first kappa shape index (κ1) is 16.2. The number of carbonyl (C=O) groups excluding carboxylic acids is 1. The number of carboxylic acids is 1. The Morgan fingerprint density at radius 2 is 2.00 bits per heavy atom. The summed E-state index contributed by atoms with van der Waals surface area (Å²) in [5, 5.41) is 8.06. The van der Waals surface area contributed by atoms with E-state index in [4.69, 9.17) is 15.6 Å². The van der Waals surface area contributed by atoms with Crippen LogP contribution >= 0.6 is 12.4 Å². The second-order valence-corrected chi connectivity index (χ2v) is 1.35. The van der Waals surface area contributed by atoms with E-state index in [1.165, 1.54) is 0 Å². The Kier molecular flexibility index (Phi) is 18.2. The van der Waals surface area contributed by atoms with E-state index in [-0.39, 0.29) is 12.4 Å². The van der Waals surface area contributed by atoms with Gasteiger partial charge in [0.25, 0.3) is 0 Å². The Bertz CT molecular complexity index is 89.0. The molecule has 0 unspecified atom stereocenters. The molecule has 0 aromatic carbocycles. The van der Waals surface area contributed by atoms with Gasteiger partial charge in [-0.1, -0.05) is 6.92 Å². The Labute approximate surface area is 65.8 Å². The third-order valence-corrected chi connectivity index (χ3v) is 0.757. The fraction of sp³-hybridized carbons (Fsp3) is 0.600. The lowest BCUT2D eigenvalue weighted by Crippen LogP contribution is -2.28. The molecule has 0 radical (unpaired) electrons. The first-order valence-corrected chi connectivity index (χ1v) is 2.45. The molecule has 0 saturated heterocycles. The zero-order valence-electron chi connectivity index (χ0n) is 5.74. The molecule has 0 aliphatic rings. The minimum Gasteiger partial charge on any atom is -0.480 e. The van der Waals surface area contributed by atoms with Crippen molar-refractivity contribution in [2.24, 2.45) is 5.73 Å². The number of carbonyl (C=O) groups is 2. The predicted octanol–water partition coefficient (Wildman–Crippen LogP) is 0.0452. The van der Waals surface area contributed by atoms with Crippen molar-refractivity contribution >= 4 is 25.2 Å². The van der Waals surface area contributed by atoms with E-state index in [1.54, 1.807) is 6.92 Å². The predicted molar refractivity (Wildman–Crippen MR) is 40.3 cm³/mol. The minimum absolute atomic E-state index is 0. The molecule has 0 aliphatic heterocycles. The second-order valence-electron chi connectivity index (χ2n) is 1.35. The van der Waals surface area contributed by atoms with Gasteiger partial charge in [0.05, 0.1) is 0 Å². The largest absolute Gasteiger partial charge is 0.480 e. The minimum atomic E-state index is -0.928. The van der Waals surface area contributed by atoms with E-state index in [0.29, 0.717) is 6.42 Å². The number of rotatable bonds is 2. The van der Waals surface area contributed by atoms with Crippen LogP contribution in [0.25, 0.3) is 0 Å². The van der Waals surface area contributed by atoms with Crippen LogP contribution in [-0.2, 0) is 9.59 Å². The molecule has 5 heteroatoms. The van der Waals surface area contributed by atoms with Gasteiger partial charge in [0, 0.05) is 0 Å². The number of hydrogen-bond acceptors (Lipinski definition) is 3. The van der Waals surface area contributed by atoms with Crippen LogP contribution in [0.4, 0.5) is 0 Å². The smallest absolute Gasteiger partial charge is 0.320 e. The van der Waals surface area contributed by atoms with Gasteiger partial charge in [-0.25, -0.2) is 0 Å². The van der Waals surface area contributed by atoms with Crippen molar-refractivity contribution in [1.82, 2.24) is 0 Å². The average Bonchev–Trinajstić information content (AvgIpc) is 1.91. The lowest BCUT2D eigenvalue weighted by Gasteiger charge is -1.97. The van der Waals surface area contributed by atoms with Crippen molar-refractivity contribution in [3.05, 3.63) is 0 Å². The van der Waals surface area contributed by atoms with Gasteiger partial charge in [0.15, 0.2) is 0 Å². The van der Waals surface area contributed by atoms with E-state index in [0.717, 1.165) is 0 Å². The zero-order chi connectivity index (χ0) is 7.86. The van der Waals surface area contributed by atoms with Crippen molar-refractivity contribution in [2.45, 2.75) is 19.4 Å². The summed E-state index contributed by atoms with van der Waals surface area (Å²) in [5.74, 6) is -0.928. The molecule has 3 N–H and O–H groups in total. The van der Waals surface area contributed by atoms with Crippen LogP contribution in [0, 0.1) is 0 Å². The second kappa shape index (κ2) is 11.2. The highest BCUT2D eigenvalue weighted by atomic mass is 35.5. The van der Waals surface area contributed by atoms with Crippen LogP contribution in [0.2, 0.25) is 0 Å². The molecule has 1 atom stereocenters. The van der Waals surface area contributed by atoms with E-state index >= 15 is 0 Å². The number of hydrogen-bond donors (Lipinski definition) is 2. The molecular formula is C5H12ClNO3. The molecule has 0 aliphatic carbocycles. The molecule has 0 rings (SSSR count). The summed E-state index contributed by atoms with van der Waals surface area (Å²) < 4.78 is 0. The number of carboxylic acid groups (broad SMARTS) is 1. The molecule has 0 aromatic rings. The molecule has 62 valence electrons. The Balaban J connectivity index is -0.000000149. The molecule has 0 spiro atoms. The van der Waals surface area contributed by atoms with E-state index in [1.807, 2.05) is 6.79 Å². The van der Waals surface area contributed by atoms with Crippen LogP contribution in [0.3, 0.4) is 0 Å². The lowest BCUT2D eigenvalue weighted by molar-refractivity contribution is -0.138. The highest BCUT2D eigenvalue weighted by Crippen LogP contribution is 1.82. The van der Waals surface area contributed by atoms with E-state index in [9.17, 15) is 4.79 Å². The maximum absolute atomic E-state index is 9.81. The van der Waals surface area contributed by atoms with Crippen LogP contribution in [0.1, 0.15) is 13.3 Å². The molecular weight excluding hydrogens is 158 g/mol. The van der Waals surface area contributed by atoms with Crippen molar-refractivity contribution in [2.75, 3.05) is 0 Å². The molecule has 0 heterocycles. The number of aliphatic carboxylic acids is 1. The lowest BCUT2D eigenvalue weighted by atomic mass is 10.2. The van der Waals surface area contributed by atoms with E-state index < -0.39 is 12.0 Å². The molecule has 4 nitrogen and oxygen atoms in total. The van der Waals surface area contributed by atoms with Gasteiger partial charge in [-0.15, -0.1) is 12.4 Å². The van der Waals surface area contributed by atoms with Crippen molar-refractivity contribution < 1.29 is 14.7 Å². The maximum atomic E-state index is 9.81. The Hall–Kier alpha value is -0.610. The number of nitrogens with two attached hydrogens (primary N) is 1. The quantitative estimate of drug-likeness (QED) is 0.612. The van der Waals surface area contributed by atoms with Gasteiger partial charge in [-0.05, 0) is 6.42 Å². The van der Waals surface area contributed by atoms with Crippen molar-refractivity contribution in [1.29, 1.82) is 0 Å². The maximum Gasteiger partial charge on any atom is 0.320 e. The van der Waals surface area contributed by atoms with Crippen molar-refractivity contribution in [3.8, 4) is 0 Å². The SMILES string of the molecule is C=O.CC[C@H](N)C(=O)O.Cl. The molecule has 0 fully saturated rings. The normalized spacial score (nSPS) is 9.80. The highest BCUT2D eigenvalue weighted by molar-refractivity contribution is 5.85. The highest BCUT2D eigenvalue weighted by Gasteiger charge is 2.05. The Morgan fingerprint density at radius 1 is 1.70 bits per heavy atom. The summed E-state index contributed by atoms with van der Waals surface area (Å²) >= 11 is 0. The number of halogens is 1. The summed E-state index contributed by atoms with van der Waals surface area (Å²) in [6.45, 7) is 3.73.